The van der Waals surface area contributed by atoms with Crippen molar-refractivity contribution in [2.75, 3.05) is 7.11 Å². The van der Waals surface area contributed by atoms with Crippen molar-refractivity contribution >= 4 is 11.9 Å². The van der Waals surface area contributed by atoms with Gasteiger partial charge in [0.05, 0.1) is 7.11 Å². The summed E-state index contributed by atoms with van der Waals surface area (Å²) in [6.07, 6.45) is -1.89. The molecule has 0 heterocycles. The van der Waals surface area contributed by atoms with Crippen molar-refractivity contribution in [3.05, 3.63) is 23.3 Å². The van der Waals surface area contributed by atoms with Crippen LogP contribution < -0.4 is 4.74 Å². The monoisotopic (exact) mass is 242 g/mol. The number of aliphatic hydroxyl groups excluding tert-OH is 1. The summed E-state index contributed by atoms with van der Waals surface area (Å²) in [5.74, 6) is -3.84. The number of carboxylic acid groups (broad SMARTS) is 2. The molecule has 1 unspecified atom stereocenters. The van der Waals surface area contributed by atoms with Crippen molar-refractivity contribution < 1.29 is 34.8 Å². The third-order valence-corrected chi connectivity index (χ3v) is 2.10. The lowest BCUT2D eigenvalue weighted by atomic mass is 10.0. The van der Waals surface area contributed by atoms with E-state index < -0.39 is 29.4 Å². The van der Waals surface area contributed by atoms with Gasteiger partial charge in [-0.3, -0.25) is 0 Å². The van der Waals surface area contributed by atoms with Gasteiger partial charge >= 0.3 is 11.9 Å². The molecule has 0 aliphatic rings. The minimum absolute atomic E-state index is 0.190. The van der Waals surface area contributed by atoms with Crippen molar-refractivity contribution in [3.63, 3.8) is 0 Å². The smallest absolute Gasteiger partial charge is 0.339 e. The number of phenols is 1. The number of aliphatic hydroxyl groups is 1. The summed E-state index contributed by atoms with van der Waals surface area (Å²) in [7, 11) is 1.18. The fourth-order valence-electron chi connectivity index (χ4n) is 1.25. The Bertz CT molecular complexity index is 466. The van der Waals surface area contributed by atoms with Crippen molar-refractivity contribution in [2.24, 2.45) is 0 Å². The first-order valence-electron chi connectivity index (χ1n) is 4.43. The zero-order valence-electron chi connectivity index (χ0n) is 8.75. The van der Waals surface area contributed by atoms with E-state index >= 15 is 0 Å². The van der Waals surface area contributed by atoms with Gasteiger partial charge in [0.2, 0.25) is 0 Å². The number of carbonyl (C=O) groups is 2. The number of benzene rings is 1. The molecular weight excluding hydrogens is 232 g/mol. The summed E-state index contributed by atoms with van der Waals surface area (Å²) in [4.78, 5) is 21.4. The van der Waals surface area contributed by atoms with Crippen LogP contribution in [0.25, 0.3) is 0 Å². The fraction of sp³-hybridized carbons (Fsp3) is 0.200. The molecule has 0 radical (unpaired) electrons. The minimum Gasteiger partial charge on any atom is -0.504 e. The molecule has 92 valence electrons. The number of carboxylic acids is 2. The molecule has 7 nitrogen and oxygen atoms in total. The molecule has 1 rings (SSSR count). The van der Waals surface area contributed by atoms with Gasteiger partial charge in [-0.05, 0) is 17.7 Å². The van der Waals surface area contributed by atoms with E-state index in [1.807, 2.05) is 0 Å². The Morgan fingerprint density at radius 2 is 1.88 bits per heavy atom. The summed E-state index contributed by atoms with van der Waals surface area (Å²) >= 11 is 0. The van der Waals surface area contributed by atoms with Crippen LogP contribution in [-0.4, -0.2) is 39.5 Å². The molecule has 0 aliphatic carbocycles. The molecule has 4 N–H and O–H groups in total. The topological polar surface area (TPSA) is 124 Å². The van der Waals surface area contributed by atoms with Gasteiger partial charge < -0.3 is 25.2 Å². The van der Waals surface area contributed by atoms with Gasteiger partial charge in [0.1, 0.15) is 5.56 Å². The van der Waals surface area contributed by atoms with Crippen molar-refractivity contribution in [3.8, 4) is 11.5 Å². The van der Waals surface area contributed by atoms with E-state index in [0.29, 0.717) is 0 Å². The number of ether oxygens (including phenoxy) is 1. The zero-order valence-corrected chi connectivity index (χ0v) is 8.75. The maximum atomic E-state index is 10.8. The average molecular weight is 242 g/mol. The Hall–Kier alpha value is -2.28. The summed E-state index contributed by atoms with van der Waals surface area (Å²) in [5, 5.41) is 36.1. The highest BCUT2D eigenvalue weighted by molar-refractivity contribution is 5.92. The van der Waals surface area contributed by atoms with Gasteiger partial charge in [0.15, 0.2) is 17.6 Å². The molecule has 0 saturated heterocycles. The highest BCUT2D eigenvalue weighted by Gasteiger charge is 2.22. The van der Waals surface area contributed by atoms with E-state index in [9.17, 15) is 19.8 Å². The zero-order chi connectivity index (χ0) is 13.2. The second kappa shape index (κ2) is 4.71. The molecule has 0 bridgehead atoms. The van der Waals surface area contributed by atoms with Crippen LogP contribution in [0.5, 0.6) is 11.5 Å². The normalized spacial score (nSPS) is 11.9. The van der Waals surface area contributed by atoms with Gasteiger partial charge in [0.25, 0.3) is 0 Å². The Morgan fingerprint density at radius 1 is 1.29 bits per heavy atom. The molecule has 0 fully saturated rings. The summed E-state index contributed by atoms with van der Waals surface area (Å²) < 4.78 is 4.69. The van der Waals surface area contributed by atoms with Gasteiger partial charge in [0, 0.05) is 0 Å². The molecule has 1 aromatic carbocycles. The summed E-state index contributed by atoms with van der Waals surface area (Å²) in [6.45, 7) is 0. The quantitative estimate of drug-likeness (QED) is 0.595. The molecule has 7 heteroatoms. The van der Waals surface area contributed by atoms with Crippen LogP contribution in [0.2, 0.25) is 0 Å². The highest BCUT2D eigenvalue weighted by Crippen LogP contribution is 2.33. The van der Waals surface area contributed by atoms with Crippen LogP contribution in [0.4, 0.5) is 0 Å². The predicted molar refractivity (Wildman–Crippen MR) is 54.2 cm³/mol. The largest absolute Gasteiger partial charge is 0.504 e. The predicted octanol–water partition coefficient (Wildman–Crippen LogP) is 0.217. The molecule has 0 aliphatic heterocycles. The van der Waals surface area contributed by atoms with Crippen LogP contribution in [0.15, 0.2) is 12.1 Å². The lowest BCUT2D eigenvalue weighted by Gasteiger charge is -2.11. The molecule has 0 spiro atoms. The number of hydrogen-bond acceptors (Lipinski definition) is 5. The van der Waals surface area contributed by atoms with E-state index in [-0.39, 0.29) is 11.3 Å². The lowest BCUT2D eigenvalue weighted by Crippen LogP contribution is -2.12. The Morgan fingerprint density at radius 3 is 2.29 bits per heavy atom. The summed E-state index contributed by atoms with van der Waals surface area (Å²) in [5.41, 5.74) is -0.732. The molecule has 17 heavy (non-hydrogen) atoms. The van der Waals surface area contributed by atoms with Gasteiger partial charge in [-0.1, -0.05) is 0 Å². The van der Waals surface area contributed by atoms with E-state index in [2.05, 4.69) is 4.74 Å². The number of rotatable bonds is 4. The maximum Gasteiger partial charge on any atom is 0.339 e. The first-order valence-corrected chi connectivity index (χ1v) is 4.43. The van der Waals surface area contributed by atoms with Crippen molar-refractivity contribution in [1.82, 2.24) is 0 Å². The first-order chi connectivity index (χ1) is 7.88. The van der Waals surface area contributed by atoms with Gasteiger partial charge in [-0.15, -0.1) is 0 Å². The maximum absolute atomic E-state index is 10.8. The third kappa shape index (κ3) is 2.45. The highest BCUT2D eigenvalue weighted by atomic mass is 16.5. The number of aromatic carboxylic acids is 1. The van der Waals surface area contributed by atoms with Gasteiger partial charge in [-0.25, -0.2) is 9.59 Å². The molecule has 0 aromatic heterocycles. The Balaban J connectivity index is 3.39. The van der Waals surface area contributed by atoms with E-state index in [0.717, 1.165) is 12.1 Å². The number of aliphatic carboxylic acids is 1. The van der Waals surface area contributed by atoms with Crippen LogP contribution in [0.1, 0.15) is 22.0 Å². The van der Waals surface area contributed by atoms with Gasteiger partial charge in [-0.2, -0.15) is 0 Å². The van der Waals surface area contributed by atoms with E-state index in [1.165, 1.54) is 7.11 Å². The lowest BCUT2D eigenvalue weighted by molar-refractivity contribution is -0.146. The first kappa shape index (κ1) is 12.8. The molecule has 0 saturated carbocycles. The van der Waals surface area contributed by atoms with Crippen LogP contribution >= 0.6 is 0 Å². The SMILES string of the molecule is COc1cc(C(O)C(=O)O)cc(C(=O)O)c1O. The minimum atomic E-state index is -1.89. The number of hydrogen-bond donors (Lipinski definition) is 4. The van der Waals surface area contributed by atoms with E-state index in [1.54, 1.807) is 0 Å². The standard InChI is InChI=1S/C10H10O7/c1-17-6-3-4(7(11)10(15)16)2-5(8(6)12)9(13)14/h2-3,7,11-12H,1H3,(H,13,14)(H,15,16). The Kier molecular flexibility index (Phi) is 3.54. The second-order valence-electron chi connectivity index (χ2n) is 3.17. The van der Waals surface area contributed by atoms with Crippen molar-refractivity contribution in [2.45, 2.75) is 6.10 Å². The fourth-order valence-corrected chi connectivity index (χ4v) is 1.25. The van der Waals surface area contributed by atoms with Crippen molar-refractivity contribution in [1.29, 1.82) is 0 Å². The number of methoxy groups -OCH3 is 1. The molecule has 0 amide bonds. The molecular formula is C10H10O7. The van der Waals surface area contributed by atoms with Crippen LogP contribution in [0, 0.1) is 0 Å². The Labute approximate surface area is 95.5 Å². The average Bonchev–Trinajstić information content (AvgIpc) is 2.27. The molecule has 1 atom stereocenters. The summed E-state index contributed by atoms with van der Waals surface area (Å²) in [6, 6.07) is 1.93. The number of aromatic hydroxyl groups is 1. The molecule has 1 aromatic rings. The van der Waals surface area contributed by atoms with Crippen LogP contribution in [-0.2, 0) is 4.79 Å². The van der Waals surface area contributed by atoms with E-state index in [4.69, 9.17) is 10.2 Å². The third-order valence-electron chi connectivity index (χ3n) is 2.10. The van der Waals surface area contributed by atoms with Crippen LogP contribution in [0.3, 0.4) is 0 Å². The second-order valence-corrected chi connectivity index (χ2v) is 3.17.